The van der Waals surface area contributed by atoms with Crippen LogP contribution in [0.2, 0.25) is 0 Å². The van der Waals surface area contributed by atoms with Gasteiger partial charge in [0.15, 0.2) is 0 Å². The molecule has 0 aromatic rings. The van der Waals surface area contributed by atoms with Crippen LogP contribution in [0.5, 0.6) is 0 Å². The fourth-order valence-electron chi connectivity index (χ4n) is 1.34. The van der Waals surface area contributed by atoms with E-state index in [0.29, 0.717) is 18.3 Å². The Morgan fingerprint density at radius 3 is 2.12 bits per heavy atom. The van der Waals surface area contributed by atoms with Crippen LogP contribution in [0.1, 0.15) is 60.3 Å². The summed E-state index contributed by atoms with van der Waals surface area (Å²) < 4.78 is 5.90. The highest BCUT2D eigenvalue weighted by Crippen LogP contribution is 2.25. The monoisotopic (exact) mass is 229 g/mol. The number of amides is 1. The van der Waals surface area contributed by atoms with Crippen LogP contribution in [0.3, 0.4) is 0 Å². The Morgan fingerprint density at radius 1 is 1.19 bits per heavy atom. The van der Waals surface area contributed by atoms with Gasteiger partial charge in [-0.1, -0.05) is 27.7 Å². The van der Waals surface area contributed by atoms with Gasteiger partial charge in [0.05, 0.1) is 5.60 Å². The molecule has 0 fully saturated rings. The number of carbonyl (C=O) groups excluding carboxylic acids is 1. The van der Waals surface area contributed by atoms with Crippen LogP contribution in [-0.4, -0.2) is 18.1 Å². The van der Waals surface area contributed by atoms with Crippen LogP contribution in [0.15, 0.2) is 0 Å². The Bertz CT molecular complexity index is 220. The maximum Gasteiger partial charge on any atom is 0.217 e. The lowest BCUT2D eigenvalue weighted by Crippen LogP contribution is -2.31. The Labute approximate surface area is 99.7 Å². The molecular formula is C13H27NO2. The smallest absolute Gasteiger partial charge is 0.217 e. The predicted molar refractivity (Wildman–Crippen MR) is 67.1 cm³/mol. The molecule has 96 valence electrons. The summed E-state index contributed by atoms with van der Waals surface area (Å²) in [6, 6.07) is 0. The second-order valence-corrected chi connectivity index (χ2v) is 5.93. The quantitative estimate of drug-likeness (QED) is 0.729. The zero-order chi connectivity index (χ0) is 12.8. The normalized spacial score (nSPS) is 15.8. The Kier molecular flexibility index (Phi) is 6.01. The van der Waals surface area contributed by atoms with Gasteiger partial charge in [-0.2, -0.15) is 0 Å². The zero-order valence-corrected chi connectivity index (χ0v) is 11.4. The van der Waals surface area contributed by atoms with Gasteiger partial charge in [0.25, 0.3) is 0 Å². The van der Waals surface area contributed by atoms with Gasteiger partial charge in [-0.3, -0.25) is 4.79 Å². The number of ether oxygens (including phenoxy) is 1. The molecule has 0 rings (SSSR count). The van der Waals surface area contributed by atoms with Crippen molar-refractivity contribution in [1.29, 1.82) is 0 Å². The maximum absolute atomic E-state index is 10.8. The van der Waals surface area contributed by atoms with Crippen LogP contribution < -0.4 is 5.73 Å². The molecule has 0 spiro atoms. The third-order valence-corrected chi connectivity index (χ3v) is 2.95. The first-order chi connectivity index (χ1) is 7.18. The number of carbonyl (C=O) groups is 1. The summed E-state index contributed by atoms with van der Waals surface area (Å²) in [5, 5.41) is 0. The van der Waals surface area contributed by atoms with E-state index in [1.54, 1.807) is 0 Å². The van der Waals surface area contributed by atoms with E-state index in [1.165, 1.54) is 0 Å². The predicted octanol–water partition coefficient (Wildman–Crippen LogP) is 2.87. The average Bonchev–Trinajstić information content (AvgIpc) is 2.13. The molecule has 3 heteroatoms. The van der Waals surface area contributed by atoms with Crippen LogP contribution >= 0.6 is 0 Å². The summed E-state index contributed by atoms with van der Waals surface area (Å²) in [5.74, 6) is -0.251. The van der Waals surface area contributed by atoms with Gasteiger partial charge in [-0.05, 0) is 31.6 Å². The largest absolute Gasteiger partial charge is 0.375 e. The third kappa shape index (κ3) is 7.69. The zero-order valence-electron chi connectivity index (χ0n) is 11.4. The average molecular weight is 229 g/mol. The summed E-state index contributed by atoms with van der Waals surface area (Å²) in [5.41, 5.74) is 5.24. The van der Waals surface area contributed by atoms with E-state index in [-0.39, 0.29) is 11.5 Å². The number of hydrogen-bond donors (Lipinski definition) is 1. The molecular weight excluding hydrogens is 202 g/mol. The second kappa shape index (κ2) is 6.24. The lowest BCUT2D eigenvalue weighted by Gasteiger charge is -2.30. The summed E-state index contributed by atoms with van der Waals surface area (Å²) >= 11 is 0. The molecule has 2 N–H and O–H groups in total. The van der Waals surface area contributed by atoms with E-state index >= 15 is 0 Å². The standard InChI is InChI=1S/C13H27NO2/c1-6-13(5,8-7-11(14)15)16-10-9-12(2,3)4/h6-10H2,1-5H3,(H2,14,15). The Balaban J connectivity index is 4.01. The molecule has 0 aromatic heterocycles. The van der Waals surface area contributed by atoms with Gasteiger partial charge in [0, 0.05) is 13.0 Å². The lowest BCUT2D eigenvalue weighted by molar-refractivity contribution is -0.120. The molecule has 16 heavy (non-hydrogen) atoms. The first kappa shape index (κ1) is 15.4. The minimum atomic E-state index is -0.251. The SMILES string of the molecule is CCC(C)(CCC(N)=O)OCCC(C)(C)C. The summed E-state index contributed by atoms with van der Waals surface area (Å²) in [6.45, 7) is 11.5. The highest BCUT2D eigenvalue weighted by atomic mass is 16.5. The van der Waals surface area contributed by atoms with Crippen molar-refractivity contribution in [1.82, 2.24) is 0 Å². The van der Waals surface area contributed by atoms with Crippen molar-refractivity contribution in [3.05, 3.63) is 0 Å². The van der Waals surface area contributed by atoms with E-state index < -0.39 is 0 Å². The number of rotatable bonds is 7. The van der Waals surface area contributed by atoms with Crippen molar-refractivity contribution in [3.8, 4) is 0 Å². The molecule has 0 saturated heterocycles. The Hall–Kier alpha value is -0.570. The van der Waals surface area contributed by atoms with Crippen molar-refractivity contribution in [2.24, 2.45) is 11.1 Å². The van der Waals surface area contributed by atoms with Gasteiger partial charge >= 0.3 is 0 Å². The highest BCUT2D eigenvalue weighted by Gasteiger charge is 2.24. The fraction of sp³-hybridized carbons (Fsp3) is 0.923. The third-order valence-electron chi connectivity index (χ3n) is 2.95. The molecule has 1 unspecified atom stereocenters. The van der Waals surface area contributed by atoms with Crippen molar-refractivity contribution in [3.63, 3.8) is 0 Å². The Morgan fingerprint density at radius 2 is 1.75 bits per heavy atom. The topological polar surface area (TPSA) is 52.3 Å². The number of hydrogen-bond acceptors (Lipinski definition) is 2. The van der Waals surface area contributed by atoms with E-state index in [0.717, 1.165) is 19.4 Å². The fourth-order valence-corrected chi connectivity index (χ4v) is 1.34. The molecule has 0 aliphatic heterocycles. The van der Waals surface area contributed by atoms with Crippen molar-refractivity contribution < 1.29 is 9.53 Å². The minimum Gasteiger partial charge on any atom is -0.375 e. The van der Waals surface area contributed by atoms with Gasteiger partial charge in [-0.25, -0.2) is 0 Å². The second-order valence-electron chi connectivity index (χ2n) is 5.93. The molecule has 3 nitrogen and oxygen atoms in total. The van der Waals surface area contributed by atoms with Crippen molar-refractivity contribution in [2.45, 2.75) is 65.9 Å². The minimum absolute atomic E-state index is 0.208. The van der Waals surface area contributed by atoms with Crippen molar-refractivity contribution >= 4 is 5.91 Å². The molecule has 0 radical (unpaired) electrons. The van der Waals surface area contributed by atoms with Gasteiger partial charge in [-0.15, -0.1) is 0 Å². The van der Waals surface area contributed by atoms with E-state index in [9.17, 15) is 4.79 Å². The molecule has 0 aromatic carbocycles. The van der Waals surface area contributed by atoms with Crippen LogP contribution in [-0.2, 0) is 9.53 Å². The maximum atomic E-state index is 10.8. The summed E-state index contributed by atoms with van der Waals surface area (Å²) in [6.07, 6.45) is 3.05. The number of primary amides is 1. The highest BCUT2D eigenvalue weighted by molar-refractivity contribution is 5.73. The van der Waals surface area contributed by atoms with E-state index in [2.05, 4.69) is 34.6 Å². The van der Waals surface area contributed by atoms with Gasteiger partial charge in [0.1, 0.15) is 0 Å². The van der Waals surface area contributed by atoms with Crippen molar-refractivity contribution in [2.75, 3.05) is 6.61 Å². The molecule has 1 atom stereocenters. The van der Waals surface area contributed by atoms with Crippen LogP contribution in [0, 0.1) is 5.41 Å². The molecule has 0 aliphatic rings. The van der Waals surface area contributed by atoms with Gasteiger partial charge in [0.2, 0.25) is 5.91 Å². The lowest BCUT2D eigenvalue weighted by atomic mass is 9.92. The summed E-state index contributed by atoms with van der Waals surface area (Å²) in [7, 11) is 0. The van der Waals surface area contributed by atoms with Crippen LogP contribution in [0.25, 0.3) is 0 Å². The molecule has 0 aliphatic carbocycles. The van der Waals surface area contributed by atoms with Gasteiger partial charge < -0.3 is 10.5 Å². The molecule has 0 heterocycles. The molecule has 0 bridgehead atoms. The summed E-state index contributed by atoms with van der Waals surface area (Å²) in [4.78, 5) is 10.8. The first-order valence-corrected chi connectivity index (χ1v) is 6.11. The van der Waals surface area contributed by atoms with E-state index in [4.69, 9.17) is 10.5 Å². The van der Waals surface area contributed by atoms with E-state index in [1.807, 2.05) is 0 Å². The molecule has 0 saturated carbocycles. The first-order valence-electron chi connectivity index (χ1n) is 6.11. The van der Waals surface area contributed by atoms with Crippen LogP contribution in [0.4, 0.5) is 0 Å². The number of nitrogens with two attached hydrogens (primary N) is 1. The molecule has 1 amide bonds.